The molecule has 150 valence electrons. The van der Waals surface area contributed by atoms with Crippen LogP contribution < -0.4 is 10.2 Å². The van der Waals surface area contributed by atoms with E-state index >= 15 is 0 Å². The van der Waals surface area contributed by atoms with Gasteiger partial charge in [0.15, 0.2) is 6.61 Å². The van der Waals surface area contributed by atoms with Crippen LogP contribution in [0.25, 0.3) is 0 Å². The number of rotatable bonds is 6. The van der Waals surface area contributed by atoms with Crippen molar-refractivity contribution >= 4 is 23.5 Å². The number of nitriles is 1. The zero-order valence-corrected chi connectivity index (χ0v) is 17.0. The van der Waals surface area contributed by atoms with E-state index in [1.165, 1.54) is 0 Å². The predicted molar refractivity (Wildman–Crippen MR) is 104 cm³/mol. The van der Waals surface area contributed by atoms with Crippen molar-refractivity contribution < 1.29 is 19.1 Å². The molecule has 1 aliphatic heterocycles. The second-order valence-corrected chi connectivity index (χ2v) is 7.75. The summed E-state index contributed by atoms with van der Waals surface area (Å²) in [7, 11) is 0. The van der Waals surface area contributed by atoms with Gasteiger partial charge in [-0.15, -0.1) is 0 Å². The molecule has 2 atom stereocenters. The minimum Gasteiger partial charge on any atom is -0.455 e. The quantitative estimate of drug-likeness (QED) is 0.757. The van der Waals surface area contributed by atoms with Gasteiger partial charge in [-0.3, -0.25) is 14.4 Å². The highest BCUT2D eigenvalue weighted by Crippen LogP contribution is 2.29. The highest BCUT2D eigenvalue weighted by atomic mass is 16.5. The second-order valence-electron chi connectivity index (χ2n) is 7.75. The van der Waals surface area contributed by atoms with E-state index in [-0.39, 0.29) is 24.8 Å². The fraction of sp³-hybridized carbons (Fsp3) is 0.524. The van der Waals surface area contributed by atoms with Crippen molar-refractivity contribution in [3.8, 4) is 6.07 Å². The highest BCUT2D eigenvalue weighted by Gasteiger charge is 2.37. The van der Waals surface area contributed by atoms with E-state index in [0.29, 0.717) is 0 Å². The number of nitrogens with one attached hydrogen (secondary N) is 1. The van der Waals surface area contributed by atoms with Gasteiger partial charge in [-0.1, -0.05) is 26.0 Å². The van der Waals surface area contributed by atoms with Gasteiger partial charge in [0.1, 0.15) is 5.54 Å². The van der Waals surface area contributed by atoms with Crippen molar-refractivity contribution in [1.29, 1.82) is 5.26 Å². The Hall–Kier alpha value is -2.88. The third kappa shape index (κ3) is 4.50. The van der Waals surface area contributed by atoms with Crippen LogP contribution in [0, 0.1) is 37.0 Å². The number of amides is 2. The van der Waals surface area contributed by atoms with Gasteiger partial charge in [-0.25, -0.2) is 0 Å². The molecule has 2 rings (SSSR count). The Bertz CT molecular complexity index is 827. The summed E-state index contributed by atoms with van der Waals surface area (Å²) in [5, 5.41) is 11.8. The number of hydrogen-bond donors (Lipinski definition) is 1. The Labute approximate surface area is 165 Å². The van der Waals surface area contributed by atoms with Crippen LogP contribution in [-0.4, -0.2) is 36.5 Å². The lowest BCUT2D eigenvalue weighted by molar-refractivity contribution is -0.152. The molecular weight excluding hydrogens is 358 g/mol. The molecule has 1 fully saturated rings. The van der Waals surface area contributed by atoms with Crippen LogP contribution in [0.3, 0.4) is 0 Å². The van der Waals surface area contributed by atoms with Gasteiger partial charge >= 0.3 is 5.97 Å². The lowest BCUT2D eigenvalue weighted by atomic mass is 9.90. The Balaban J connectivity index is 1.96. The summed E-state index contributed by atoms with van der Waals surface area (Å²) in [5.74, 6) is -1.98. The Morgan fingerprint density at radius 1 is 1.39 bits per heavy atom. The SMILES string of the molecule is Cc1cccc(N2CC(C(=O)OCC(=O)NC(C)(C#N)C(C)C)CC2=O)c1C. The number of esters is 1. The molecule has 0 radical (unpaired) electrons. The lowest BCUT2D eigenvalue weighted by Crippen LogP contribution is -2.50. The predicted octanol–water partition coefficient (Wildman–Crippen LogP) is 2.25. The summed E-state index contributed by atoms with van der Waals surface area (Å²) in [4.78, 5) is 38.4. The fourth-order valence-corrected chi connectivity index (χ4v) is 3.01. The topological polar surface area (TPSA) is 99.5 Å². The third-order valence-corrected chi connectivity index (χ3v) is 5.46. The second kappa shape index (κ2) is 8.42. The van der Waals surface area contributed by atoms with E-state index in [4.69, 9.17) is 4.74 Å². The minimum atomic E-state index is -1.04. The first-order valence-electron chi connectivity index (χ1n) is 9.34. The van der Waals surface area contributed by atoms with Gasteiger partial charge in [0.05, 0.1) is 12.0 Å². The largest absolute Gasteiger partial charge is 0.455 e. The van der Waals surface area contributed by atoms with Crippen LogP contribution in [0.15, 0.2) is 18.2 Å². The van der Waals surface area contributed by atoms with Gasteiger partial charge in [0.25, 0.3) is 5.91 Å². The van der Waals surface area contributed by atoms with Crippen LogP contribution in [0.2, 0.25) is 0 Å². The van der Waals surface area contributed by atoms with Crippen molar-refractivity contribution in [2.45, 2.75) is 46.6 Å². The molecule has 0 saturated carbocycles. The number of hydrogen-bond acceptors (Lipinski definition) is 5. The maximum absolute atomic E-state index is 12.4. The van der Waals surface area contributed by atoms with Gasteiger partial charge < -0.3 is 15.0 Å². The smallest absolute Gasteiger partial charge is 0.311 e. The molecule has 1 heterocycles. The fourth-order valence-electron chi connectivity index (χ4n) is 3.01. The Morgan fingerprint density at radius 2 is 2.07 bits per heavy atom. The zero-order valence-electron chi connectivity index (χ0n) is 17.0. The lowest BCUT2D eigenvalue weighted by Gasteiger charge is -2.27. The van der Waals surface area contributed by atoms with E-state index in [2.05, 4.69) is 11.4 Å². The maximum atomic E-state index is 12.4. The summed E-state index contributed by atoms with van der Waals surface area (Å²) < 4.78 is 5.11. The summed E-state index contributed by atoms with van der Waals surface area (Å²) in [5.41, 5.74) is 1.82. The van der Waals surface area contributed by atoms with E-state index in [9.17, 15) is 19.6 Å². The molecule has 1 aromatic carbocycles. The molecule has 1 N–H and O–H groups in total. The number of benzene rings is 1. The monoisotopic (exact) mass is 385 g/mol. The van der Waals surface area contributed by atoms with Crippen molar-refractivity contribution in [2.24, 2.45) is 11.8 Å². The molecule has 7 nitrogen and oxygen atoms in total. The summed E-state index contributed by atoms with van der Waals surface area (Å²) in [6.45, 7) is 8.92. The molecule has 0 bridgehead atoms. The third-order valence-electron chi connectivity index (χ3n) is 5.46. The van der Waals surface area contributed by atoms with Crippen LogP contribution in [-0.2, 0) is 19.1 Å². The minimum absolute atomic E-state index is 0.0513. The van der Waals surface area contributed by atoms with Crippen LogP contribution in [0.5, 0.6) is 0 Å². The molecule has 1 saturated heterocycles. The first-order chi connectivity index (χ1) is 13.1. The first-order valence-corrected chi connectivity index (χ1v) is 9.34. The number of carbonyl (C=O) groups is 3. The Kier molecular flexibility index (Phi) is 6.45. The van der Waals surface area contributed by atoms with Crippen LogP contribution >= 0.6 is 0 Å². The summed E-state index contributed by atoms with van der Waals surface area (Å²) in [6.07, 6.45) is 0.0513. The number of nitrogens with zero attached hydrogens (tertiary/aromatic N) is 2. The number of carbonyl (C=O) groups excluding carboxylic acids is 3. The molecule has 1 aromatic rings. The highest BCUT2D eigenvalue weighted by molar-refractivity contribution is 6.00. The van der Waals surface area contributed by atoms with E-state index < -0.39 is 29.9 Å². The number of anilines is 1. The van der Waals surface area contributed by atoms with Crippen molar-refractivity contribution in [1.82, 2.24) is 5.32 Å². The molecule has 1 aliphatic rings. The number of aryl methyl sites for hydroxylation is 1. The zero-order chi connectivity index (χ0) is 21.1. The standard InChI is InChI=1S/C21H27N3O4/c1-13(2)21(5,12-22)23-18(25)11-28-20(27)16-9-19(26)24(10-16)17-8-6-7-14(3)15(17)4/h6-8,13,16H,9-11H2,1-5H3,(H,23,25). The average Bonchev–Trinajstić information content (AvgIpc) is 3.03. The molecule has 0 spiro atoms. The van der Waals surface area contributed by atoms with Crippen molar-refractivity contribution in [2.75, 3.05) is 18.1 Å². The van der Waals surface area contributed by atoms with Gasteiger partial charge in [0.2, 0.25) is 5.91 Å². The maximum Gasteiger partial charge on any atom is 0.311 e. The van der Waals surface area contributed by atoms with Gasteiger partial charge in [0, 0.05) is 18.7 Å². The van der Waals surface area contributed by atoms with Gasteiger partial charge in [-0.2, -0.15) is 5.26 Å². The normalized spacial score (nSPS) is 18.5. The molecule has 28 heavy (non-hydrogen) atoms. The average molecular weight is 385 g/mol. The van der Waals surface area contributed by atoms with Crippen molar-refractivity contribution in [3.63, 3.8) is 0 Å². The van der Waals surface area contributed by atoms with Crippen LogP contribution in [0.4, 0.5) is 5.69 Å². The van der Waals surface area contributed by atoms with E-state index in [1.807, 2.05) is 45.9 Å². The Morgan fingerprint density at radius 3 is 2.68 bits per heavy atom. The molecule has 2 unspecified atom stereocenters. The number of ether oxygens (including phenoxy) is 1. The molecular formula is C21H27N3O4. The summed E-state index contributed by atoms with van der Waals surface area (Å²) >= 11 is 0. The molecule has 0 aliphatic carbocycles. The first kappa shape index (κ1) is 21.4. The molecule has 7 heteroatoms. The van der Waals surface area contributed by atoms with E-state index in [1.54, 1.807) is 11.8 Å². The molecule has 0 aromatic heterocycles. The van der Waals surface area contributed by atoms with E-state index in [0.717, 1.165) is 16.8 Å². The molecule has 2 amide bonds. The summed E-state index contributed by atoms with van der Waals surface area (Å²) in [6, 6.07) is 7.77. The van der Waals surface area contributed by atoms with Crippen LogP contribution in [0.1, 0.15) is 38.3 Å². The van der Waals surface area contributed by atoms with Gasteiger partial charge in [-0.05, 0) is 43.9 Å². The van der Waals surface area contributed by atoms with Crippen molar-refractivity contribution in [3.05, 3.63) is 29.3 Å².